The molecule has 0 spiro atoms. The van der Waals surface area contributed by atoms with Crippen LogP contribution in [0.3, 0.4) is 0 Å². The predicted octanol–water partition coefficient (Wildman–Crippen LogP) is 4.51. The molecule has 0 atom stereocenters. The third-order valence-electron chi connectivity index (χ3n) is 6.89. The van der Waals surface area contributed by atoms with E-state index >= 15 is 4.39 Å². The number of likely N-dealkylation sites (tertiary alicyclic amines) is 2. The van der Waals surface area contributed by atoms with Crippen molar-refractivity contribution in [3.63, 3.8) is 0 Å². The number of aryl methyl sites for hydroxylation is 2. The molecule has 36 heavy (non-hydrogen) atoms. The number of piperidine rings is 1. The smallest absolute Gasteiger partial charge is 0.236 e. The Balaban J connectivity index is 1.24. The molecule has 9 nitrogen and oxygen atoms in total. The van der Waals surface area contributed by atoms with Gasteiger partial charge in [-0.05, 0) is 75.4 Å². The van der Waals surface area contributed by atoms with Crippen LogP contribution in [0.15, 0.2) is 24.4 Å². The average Bonchev–Trinajstić information content (AvgIpc) is 3.25. The number of aromatic amines is 1. The lowest BCUT2D eigenvalue weighted by Crippen LogP contribution is -2.47. The van der Waals surface area contributed by atoms with Crippen molar-refractivity contribution in [2.45, 2.75) is 39.0 Å². The number of benzene rings is 1. The van der Waals surface area contributed by atoms with Crippen molar-refractivity contribution < 1.29 is 9.18 Å². The Morgan fingerprint density at radius 2 is 1.94 bits per heavy atom. The number of carbonyl (C=O) groups excluding carboxylic acids is 1. The van der Waals surface area contributed by atoms with Crippen molar-refractivity contribution in [1.29, 1.82) is 0 Å². The number of rotatable bonds is 7. The number of hydrogen-bond donors (Lipinski definition) is 3. The first kappa shape index (κ1) is 24.5. The molecule has 4 heterocycles. The van der Waals surface area contributed by atoms with Gasteiger partial charge in [0.05, 0.1) is 18.4 Å². The lowest BCUT2D eigenvalue weighted by molar-refractivity contribution is -0.134. The molecular formula is C25H30ClFN8O. The molecule has 190 valence electrons. The van der Waals surface area contributed by atoms with Gasteiger partial charge in [-0.25, -0.2) is 9.37 Å². The number of hydrogen-bond acceptors (Lipinski definition) is 7. The number of aromatic nitrogens is 4. The fraction of sp³-hybridized carbons (Fsp3) is 0.440. The number of nitrogens with one attached hydrogen (secondary N) is 3. The summed E-state index contributed by atoms with van der Waals surface area (Å²) in [6.45, 7) is 7.85. The van der Waals surface area contributed by atoms with Crippen LogP contribution in [0, 0.1) is 19.7 Å². The summed E-state index contributed by atoms with van der Waals surface area (Å²) >= 11 is 6.23. The van der Waals surface area contributed by atoms with Crippen LogP contribution >= 0.6 is 11.6 Å². The fourth-order valence-corrected chi connectivity index (χ4v) is 4.88. The van der Waals surface area contributed by atoms with E-state index in [9.17, 15) is 4.79 Å². The summed E-state index contributed by atoms with van der Waals surface area (Å²) in [5.74, 6) is 1.21. The Morgan fingerprint density at radius 1 is 1.17 bits per heavy atom. The highest BCUT2D eigenvalue weighted by molar-refractivity contribution is 6.32. The standard InChI is InChI=1S/C25H30ClFN8O/c1-15-10-21(29-25-28-13-19(26)24(31-25)30-22-11-16(2)32-33-22)20(27)12-18(15)17-4-8-35(9-5-17)23(36)14-34-6-3-7-34/h10-13,17H,3-9,14H2,1-2H3,(H3,28,29,30,31,32,33). The van der Waals surface area contributed by atoms with Gasteiger partial charge in [0.2, 0.25) is 11.9 Å². The van der Waals surface area contributed by atoms with Gasteiger partial charge in [0, 0.05) is 24.8 Å². The molecule has 2 aliphatic heterocycles. The molecule has 2 saturated heterocycles. The van der Waals surface area contributed by atoms with E-state index in [0.717, 1.165) is 42.8 Å². The summed E-state index contributed by atoms with van der Waals surface area (Å²) in [4.78, 5) is 25.2. The molecule has 2 aliphatic rings. The van der Waals surface area contributed by atoms with Crippen molar-refractivity contribution >= 4 is 40.8 Å². The SMILES string of the molecule is Cc1cc(Nc2nc(Nc3cc(C)c(C4CCN(C(=O)CN5CCC5)CC4)cc3F)ncc2Cl)n[nH]1. The average molecular weight is 513 g/mol. The van der Waals surface area contributed by atoms with E-state index < -0.39 is 0 Å². The van der Waals surface area contributed by atoms with Gasteiger partial charge in [-0.3, -0.25) is 14.8 Å². The van der Waals surface area contributed by atoms with Gasteiger partial charge in [0.15, 0.2) is 11.6 Å². The number of nitrogens with zero attached hydrogens (tertiary/aromatic N) is 5. The molecule has 0 radical (unpaired) electrons. The Hall–Kier alpha value is -3.24. The molecule has 5 rings (SSSR count). The van der Waals surface area contributed by atoms with Gasteiger partial charge < -0.3 is 15.5 Å². The van der Waals surface area contributed by atoms with Gasteiger partial charge in [-0.15, -0.1) is 0 Å². The molecule has 11 heteroatoms. The highest BCUT2D eigenvalue weighted by Gasteiger charge is 2.27. The zero-order chi connectivity index (χ0) is 25.2. The zero-order valence-corrected chi connectivity index (χ0v) is 21.2. The van der Waals surface area contributed by atoms with E-state index in [1.54, 1.807) is 12.1 Å². The molecule has 0 unspecified atom stereocenters. The summed E-state index contributed by atoms with van der Waals surface area (Å²) in [5.41, 5.74) is 3.16. The number of carbonyl (C=O) groups is 1. The van der Waals surface area contributed by atoms with Crippen molar-refractivity contribution in [3.8, 4) is 0 Å². The van der Waals surface area contributed by atoms with Crippen molar-refractivity contribution in [3.05, 3.63) is 52.1 Å². The van der Waals surface area contributed by atoms with Gasteiger partial charge in [-0.1, -0.05) is 11.6 Å². The largest absolute Gasteiger partial charge is 0.342 e. The minimum atomic E-state index is -0.372. The maximum absolute atomic E-state index is 15.2. The van der Waals surface area contributed by atoms with Crippen LogP contribution in [0.25, 0.3) is 0 Å². The summed E-state index contributed by atoms with van der Waals surface area (Å²) in [5, 5.41) is 13.3. The van der Waals surface area contributed by atoms with E-state index in [-0.39, 0.29) is 23.6 Å². The van der Waals surface area contributed by atoms with Crippen LogP contribution in [-0.2, 0) is 4.79 Å². The third kappa shape index (κ3) is 5.44. The normalized spacial score (nSPS) is 16.6. The van der Waals surface area contributed by atoms with E-state index in [4.69, 9.17) is 11.6 Å². The van der Waals surface area contributed by atoms with Crippen molar-refractivity contribution in [2.75, 3.05) is 43.4 Å². The molecule has 0 saturated carbocycles. The van der Waals surface area contributed by atoms with Gasteiger partial charge >= 0.3 is 0 Å². The first-order valence-corrected chi connectivity index (χ1v) is 12.6. The summed E-state index contributed by atoms with van der Waals surface area (Å²) in [7, 11) is 0. The topological polar surface area (TPSA) is 102 Å². The summed E-state index contributed by atoms with van der Waals surface area (Å²) in [6.07, 6.45) is 4.30. The molecule has 0 bridgehead atoms. The van der Waals surface area contributed by atoms with Crippen LogP contribution in [0.2, 0.25) is 5.02 Å². The third-order valence-corrected chi connectivity index (χ3v) is 7.17. The monoisotopic (exact) mass is 512 g/mol. The van der Waals surface area contributed by atoms with Crippen molar-refractivity contribution in [2.24, 2.45) is 0 Å². The minimum absolute atomic E-state index is 0.204. The minimum Gasteiger partial charge on any atom is -0.342 e. The van der Waals surface area contributed by atoms with E-state index in [2.05, 4.69) is 35.7 Å². The van der Waals surface area contributed by atoms with Crippen LogP contribution in [0.5, 0.6) is 0 Å². The molecular weight excluding hydrogens is 483 g/mol. The molecule has 3 aromatic rings. The molecule has 1 amide bonds. The summed E-state index contributed by atoms with van der Waals surface area (Å²) in [6, 6.07) is 5.20. The van der Waals surface area contributed by atoms with Gasteiger partial charge in [-0.2, -0.15) is 10.1 Å². The first-order chi connectivity index (χ1) is 17.4. The Bertz CT molecular complexity index is 1250. The number of H-pyrrole nitrogens is 1. The Kier molecular flexibility index (Phi) is 7.06. The second kappa shape index (κ2) is 10.4. The Morgan fingerprint density at radius 3 is 2.61 bits per heavy atom. The second-order valence-corrected chi connectivity index (χ2v) is 9.96. The van der Waals surface area contributed by atoms with Crippen LogP contribution in [0.1, 0.15) is 42.0 Å². The maximum atomic E-state index is 15.2. The maximum Gasteiger partial charge on any atom is 0.236 e. The quantitative estimate of drug-likeness (QED) is 0.428. The van der Waals surface area contributed by atoms with Crippen molar-refractivity contribution in [1.82, 2.24) is 30.0 Å². The summed E-state index contributed by atoms with van der Waals surface area (Å²) < 4.78 is 15.2. The van der Waals surface area contributed by atoms with E-state index in [0.29, 0.717) is 42.0 Å². The second-order valence-electron chi connectivity index (χ2n) is 9.55. The molecule has 0 aliphatic carbocycles. The molecule has 1 aromatic carbocycles. The van der Waals surface area contributed by atoms with Gasteiger partial charge in [0.25, 0.3) is 0 Å². The molecule has 2 aromatic heterocycles. The van der Waals surface area contributed by atoms with E-state index in [1.165, 1.54) is 12.6 Å². The number of halogens is 2. The van der Waals surface area contributed by atoms with Gasteiger partial charge in [0.1, 0.15) is 10.8 Å². The van der Waals surface area contributed by atoms with Crippen LogP contribution < -0.4 is 10.6 Å². The first-order valence-electron chi connectivity index (χ1n) is 12.2. The zero-order valence-electron chi connectivity index (χ0n) is 20.4. The highest BCUT2D eigenvalue weighted by Crippen LogP contribution is 2.34. The molecule has 2 fully saturated rings. The Labute approximate surface area is 214 Å². The number of anilines is 4. The highest BCUT2D eigenvalue weighted by atomic mass is 35.5. The van der Waals surface area contributed by atoms with E-state index in [1.807, 2.05) is 24.8 Å². The lowest BCUT2D eigenvalue weighted by atomic mass is 9.86. The predicted molar refractivity (Wildman–Crippen MR) is 138 cm³/mol. The van der Waals surface area contributed by atoms with Crippen LogP contribution in [-0.4, -0.2) is 68.6 Å². The fourth-order valence-electron chi connectivity index (χ4n) is 4.74. The van der Waals surface area contributed by atoms with Crippen LogP contribution in [0.4, 0.5) is 27.7 Å². The number of amides is 1. The molecule has 3 N–H and O–H groups in total. The lowest BCUT2D eigenvalue weighted by Gasteiger charge is -2.36.